The van der Waals surface area contributed by atoms with Crippen LogP contribution in [0.15, 0.2) is 36.5 Å². The van der Waals surface area contributed by atoms with Crippen LogP contribution in [0.25, 0.3) is 17.5 Å². The molecular formula is C24H30F3N3O4. The number of aromatic nitrogens is 2. The van der Waals surface area contributed by atoms with Gasteiger partial charge in [0.15, 0.2) is 5.69 Å². The molecule has 0 fully saturated rings. The van der Waals surface area contributed by atoms with Crippen LogP contribution in [0.4, 0.5) is 18.0 Å². The lowest BCUT2D eigenvalue weighted by Gasteiger charge is -2.22. The molecular weight excluding hydrogens is 451 g/mol. The van der Waals surface area contributed by atoms with Gasteiger partial charge in [0.25, 0.3) is 0 Å². The number of methoxy groups -OCH3 is 1. The zero-order valence-corrected chi connectivity index (χ0v) is 20.1. The molecule has 0 saturated carbocycles. The summed E-state index contributed by atoms with van der Waals surface area (Å²) in [6.45, 7) is 8.69. The molecule has 0 aliphatic rings. The van der Waals surface area contributed by atoms with Crippen molar-refractivity contribution in [3.05, 3.63) is 47.8 Å². The summed E-state index contributed by atoms with van der Waals surface area (Å²) in [4.78, 5) is 27.8. The summed E-state index contributed by atoms with van der Waals surface area (Å²) in [7, 11) is 1.22. The normalized spacial score (nSPS) is 13.2. The molecule has 0 aliphatic heterocycles. The number of nitrogens with zero attached hydrogens (tertiary/aromatic N) is 2. The molecule has 2 aromatic rings. The first-order valence-corrected chi connectivity index (χ1v) is 10.7. The van der Waals surface area contributed by atoms with Crippen LogP contribution in [0.5, 0.6) is 0 Å². The number of alkyl halides is 3. The maximum absolute atomic E-state index is 13.1. The summed E-state index contributed by atoms with van der Waals surface area (Å²) in [6, 6.07) is 5.68. The Kier molecular flexibility index (Phi) is 8.52. The lowest BCUT2D eigenvalue weighted by atomic mass is 10.1. The number of hydrogen-bond donors (Lipinski definition) is 1. The van der Waals surface area contributed by atoms with Gasteiger partial charge in [-0.1, -0.05) is 36.4 Å². The lowest BCUT2D eigenvalue weighted by molar-refractivity contribution is -0.143. The van der Waals surface area contributed by atoms with E-state index in [9.17, 15) is 22.8 Å². The molecule has 34 heavy (non-hydrogen) atoms. The Labute approximate surface area is 197 Å². The molecule has 1 unspecified atom stereocenters. The van der Waals surface area contributed by atoms with Crippen molar-refractivity contribution in [3.8, 4) is 11.4 Å². The highest BCUT2D eigenvalue weighted by Gasteiger charge is 2.35. The largest absolute Gasteiger partial charge is 0.467 e. The lowest BCUT2D eigenvalue weighted by Crippen LogP contribution is -2.43. The fraction of sp³-hybridized carbons (Fsp3) is 0.458. The van der Waals surface area contributed by atoms with Crippen LogP contribution in [-0.4, -0.2) is 40.4 Å². The highest BCUT2D eigenvalue weighted by molar-refractivity contribution is 5.81. The summed E-state index contributed by atoms with van der Waals surface area (Å²) < 4.78 is 50.7. The second-order valence-corrected chi connectivity index (χ2v) is 8.93. The van der Waals surface area contributed by atoms with Crippen molar-refractivity contribution in [2.75, 3.05) is 7.11 Å². The van der Waals surface area contributed by atoms with Crippen molar-refractivity contribution in [1.82, 2.24) is 14.9 Å². The summed E-state index contributed by atoms with van der Waals surface area (Å²) >= 11 is 0. The Morgan fingerprint density at radius 2 is 1.76 bits per heavy atom. The van der Waals surface area contributed by atoms with Gasteiger partial charge in [0, 0.05) is 17.8 Å². The van der Waals surface area contributed by atoms with Gasteiger partial charge in [-0.25, -0.2) is 14.6 Å². The Morgan fingerprint density at radius 3 is 2.26 bits per heavy atom. The van der Waals surface area contributed by atoms with Gasteiger partial charge in [-0.05, 0) is 46.6 Å². The molecule has 0 spiro atoms. The van der Waals surface area contributed by atoms with Crippen molar-refractivity contribution < 1.29 is 32.2 Å². The van der Waals surface area contributed by atoms with Gasteiger partial charge in [-0.3, -0.25) is 0 Å². The molecule has 10 heteroatoms. The average molecular weight is 482 g/mol. The molecule has 1 heterocycles. The monoisotopic (exact) mass is 481 g/mol. The highest BCUT2D eigenvalue weighted by atomic mass is 19.4. The van der Waals surface area contributed by atoms with Gasteiger partial charge in [0.2, 0.25) is 0 Å². The molecule has 0 bridgehead atoms. The molecule has 0 aliphatic carbocycles. The first-order valence-electron chi connectivity index (χ1n) is 10.7. The smallest absolute Gasteiger partial charge is 0.434 e. The number of hydrogen-bond acceptors (Lipinski definition) is 5. The van der Waals surface area contributed by atoms with Gasteiger partial charge < -0.3 is 19.4 Å². The fourth-order valence-corrected chi connectivity index (χ4v) is 3.03. The quantitative estimate of drug-likeness (QED) is 0.519. The zero-order chi connectivity index (χ0) is 25.7. The van der Waals surface area contributed by atoms with Gasteiger partial charge in [0.1, 0.15) is 17.5 Å². The number of imidazole rings is 1. The van der Waals surface area contributed by atoms with Crippen LogP contribution >= 0.6 is 0 Å². The second-order valence-electron chi connectivity index (χ2n) is 8.93. The number of carbonyl (C=O) groups excluding carboxylic acids is 2. The van der Waals surface area contributed by atoms with Crippen LogP contribution in [0.1, 0.15) is 58.3 Å². The number of nitrogens with one attached hydrogen (secondary N) is 1. The van der Waals surface area contributed by atoms with Gasteiger partial charge >= 0.3 is 18.2 Å². The molecule has 0 saturated heterocycles. The van der Waals surface area contributed by atoms with Crippen LogP contribution in [0, 0.1) is 0 Å². The summed E-state index contributed by atoms with van der Waals surface area (Å²) in [5.74, 6) is -0.392. The van der Waals surface area contributed by atoms with Crippen LogP contribution in [0.2, 0.25) is 0 Å². The van der Waals surface area contributed by atoms with Crippen LogP contribution in [-0.2, 0) is 20.4 Å². The van der Waals surface area contributed by atoms with E-state index in [0.29, 0.717) is 5.56 Å². The SMILES string of the molecule is COC(=O)C(C/C=C/c1ccc(-c2nc(C(F)(F)F)cn2C(C)C)cc1)NC(=O)OC(C)(C)C. The second kappa shape index (κ2) is 10.8. The van der Waals surface area contributed by atoms with Gasteiger partial charge in [-0.15, -0.1) is 0 Å². The summed E-state index contributed by atoms with van der Waals surface area (Å²) in [5, 5.41) is 2.48. The topological polar surface area (TPSA) is 82.5 Å². The highest BCUT2D eigenvalue weighted by Crippen LogP contribution is 2.32. The predicted molar refractivity (Wildman–Crippen MR) is 122 cm³/mol. The minimum Gasteiger partial charge on any atom is -0.467 e. The number of ether oxygens (including phenoxy) is 2. The van der Waals surface area contributed by atoms with Crippen molar-refractivity contribution in [2.45, 2.75) is 64.9 Å². The number of halogens is 3. The number of carbonyl (C=O) groups is 2. The summed E-state index contributed by atoms with van der Waals surface area (Å²) in [5.41, 5.74) is -0.358. The molecule has 7 nitrogen and oxygen atoms in total. The van der Waals surface area contributed by atoms with E-state index in [1.54, 1.807) is 71.0 Å². The zero-order valence-electron chi connectivity index (χ0n) is 20.1. The Bertz CT molecular complexity index is 1020. The van der Waals surface area contributed by atoms with Crippen molar-refractivity contribution in [3.63, 3.8) is 0 Å². The van der Waals surface area contributed by atoms with E-state index in [4.69, 9.17) is 9.47 Å². The fourth-order valence-electron chi connectivity index (χ4n) is 3.03. The van der Waals surface area contributed by atoms with E-state index >= 15 is 0 Å². The Balaban J connectivity index is 2.14. The number of alkyl carbamates (subject to hydrolysis) is 1. The van der Waals surface area contributed by atoms with E-state index in [2.05, 4.69) is 10.3 Å². The summed E-state index contributed by atoms with van der Waals surface area (Å²) in [6.07, 6.45) is -0.684. The third kappa shape index (κ3) is 7.64. The van der Waals surface area contributed by atoms with Crippen molar-refractivity contribution in [2.24, 2.45) is 0 Å². The van der Waals surface area contributed by atoms with E-state index in [1.165, 1.54) is 11.7 Å². The van der Waals surface area contributed by atoms with E-state index in [1.807, 2.05) is 0 Å². The molecule has 0 radical (unpaired) electrons. The van der Waals surface area contributed by atoms with Crippen LogP contribution in [0.3, 0.4) is 0 Å². The maximum Gasteiger partial charge on any atom is 0.434 e. The third-order valence-electron chi connectivity index (χ3n) is 4.61. The predicted octanol–water partition coefficient (Wildman–Crippen LogP) is 5.62. The van der Waals surface area contributed by atoms with E-state index < -0.39 is 35.6 Å². The first-order chi connectivity index (χ1) is 15.7. The standard InChI is InChI=1S/C24H30F3N3O4/c1-15(2)30-14-19(24(25,26)27)29-20(30)17-12-10-16(11-13-17)8-7-9-18(21(31)33-6)28-22(32)34-23(3,4)5/h7-8,10-15,18H,9H2,1-6H3,(H,28,32)/b8-7+. The molecule has 1 aromatic carbocycles. The number of esters is 1. The molecule has 1 amide bonds. The van der Waals surface area contributed by atoms with E-state index in [-0.39, 0.29) is 18.3 Å². The number of rotatable bonds is 7. The first kappa shape index (κ1) is 26.9. The molecule has 2 rings (SSSR count). The van der Waals surface area contributed by atoms with Gasteiger partial charge in [-0.2, -0.15) is 13.2 Å². The van der Waals surface area contributed by atoms with Crippen molar-refractivity contribution in [1.29, 1.82) is 0 Å². The Morgan fingerprint density at radius 1 is 1.15 bits per heavy atom. The molecule has 1 N–H and O–H groups in total. The van der Waals surface area contributed by atoms with Crippen molar-refractivity contribution >= 4 is 18.1 Å². The Hall–Kier alpha value is -3.30. The number of amides is 1. The van der Waals surface area contributed by atoms with Crippen LogP contribution < -0.4 is 5.32 Å². The maximum atomic E-state index is 13.1. The number of benzene rings is 1. The third-order valence-corrected chi connectivity index (χ3v) is 4.61. The van der Waals surface area contributed by atoms with Gasteiger partial charge in [0.05, 0.1) is 7.11 Å². The minimum absolute atomic E-state index is 0.153. The molecule has 1 aromatic heterocycles. The average Bonchev–Trinajstić information content (AvgIpc) is 3.18. The molecule has 186 valence electrons. The van der Waals surface area contributed by atoms with E-state index in [0.717, 1.165) is 11.8 Å². The molecule has 1 atom stereocenters. The minimum atomic E-state index is -4.53.